The molecule has 0 radical (unpaired) electrons. The van der Waals surface area contributed by atoms with E-state index in [1.807, 2.05) is 0 Å². The normalized spacial score (nSPS) is 10.2. The van der Waals surface area contributed by atoms with Gasteiger partial charge in [-0.05, 0) is 66.0 Å². The molecule has 2 N–H and O–H groups in total. The van der Waals surface area contributed by atoms with Gasteiger partial charge in [-0.3, -0.25) is 4.79 Å². The van der Waals surface area contributed by atoms with E-state index in [-0.39, 0.29) is 17.2 Å². The Kier molecular flexibility index (Phi) is 5.18. The van der Waals surface area contributed by atoms with E-state index in [2.05, 4.69) is 53.1 Å². The maximum Gasteiger partial charge on any atom is 0.339 e. The highest BCUT2D eigenvalue weighted by Gasteiger charge is 2.21. The van der Waals surface area contributed by atoms with Gasteiger partial charge >= 0.3 is 5.97 Å². The van der Waals surface area contributed by atoms with Crippen LogP contribution in [0.2, 0.25) is 0 Å². The minimum atomic E-state index is -1.14. The number of anilines is 1. The second kappa shape index (κ2) is 6.72. The highest BCUT2D eigenvalue weighted by Crippen LogP contribution is 2.38. The Morgan fingerprint density at radius 3 is 2.19 bits per heavy atom. The van der Waals surface area contributed by atoms with E-state index >= 15 is 0 Å². The summed E-state index contributed by atoms with van der Waals surface area (Å²) in [5.74, 6) is -1.52. The molecule has 2 aromatic carbocycles. The van der Waals surface area contributed by atoms with Crippen LogP contribution in [0.5, 0.6) is 0 Å². The lowest BCUT2D eigenvalue weighted by atomic mass is 10.1. The van der Waals surface area contributed by atoms with Gasteiger partial charge in [-0.1, -0.05) is 18.2 Å². The van der Waals surface area contributed by atoms with Gasteiger partial charge in [-0.25, -0.2) is 4.79 Å². The van der Waals surface area contributed by atoms with Gasteiger partial charge in [0, 0.05) is 19.0 Å². The van der Waals surface area contributed by atoms with Crippen molar-refractivity contribution < 1.29 is 14.7 Å². The van der Waals surface area contributed by atoms with Crippen LogP contribution in [0.25, 0.3) is 0 Å². The topological polar surface area (TPSA) is 66.4 Å². The monoisotopic (exact) mass is 475 g/mol. The van der Waals surface area contributed by atoms with Crippen LogP contribution in [-0.4, -0.2) is 17.0 Å². The number of nitrogens with one attached hydrogen (secondary N) is 1. The van der Waals surface area contributed by atoms with E-state index in [0.717, 1.165) is 0 Å². The quantitative estimate of drug-likeness (QED) is 0.616. The number of aromatic carboxylic acids is 1. The number of hydrogen-bond acceptors (Lipinski definition) is 2. The van der Waals surface area contributed by atoms with Gasteiger partial charge in [0.1, 0.15) is 0 Å². The maximum atomic E-state index is 12.2. The first kappa shape index (κ1) is 16.2. The molecular formula is C14H8Br3NO3. The molecule has 0 aliphatic carbocycles. The van der Waals surface area contributed by atoms with Crippen molar-refractivity contribution in [3.05, 3.63) is 60.9 Å². The molecule has 0 saturated heterocycles. The number of carbonyl (C=O) groups excluding carboxylic acids is 1. The molecule has 0 heterocycles. The standard InChI is InChI=1S/C14H8Br3NO3/c15-8-6-9(10(14(20)21)12(17)11(8)16)18-13(19)7-4-2-1-3-5-7/h1-6H,(H,18,19)(H,20,21). The molecular weight excluding hydrogens is 470 g/mol. The van der Waals surface area contributed by atoms with E-state index < -0.39 is 5.97 Å². The molecule has 0 aliphatic heterocycles. The summed E-state index contributed by atoms with van der Waals surface area (Å²) >= 11 is 9.80. The van der Waals surface area contributed by atoms with E-state index in [9.17, 15) is 14.7 Å². The SMILES string of the molecule is O=C(Nc1cc(Br)c(Br)c(Br)c1C(=O)O)c1ccccc1. The number of carboxylic acids is 1. The molecule has 0 spiro atoms. The minimum absolute atomic E-state index is 0.0191. The molecule has 0 unspecified atom stereocenters. The van der Waals surface area contributed by atoms with Crippen molar-refractivity contribution in [2.75, 3.05) is 5.32 Å². The van der Waals surface area contributed by atoms with Crippen molar-refractivity contribution in [2.24, 2.45) is 0 Å². The zero-order chi connectivity index (χ0) is 15.6. The summed E-state index contributed by atoms with van der Waals surface area (Å²) in [6.07, 6.45) is 0. The first-order valence-electron chi connectivity index (χ1n) is 5.69. The number of benzene rings is 2. The lowest BCUT2D eigenvalue weighted by Crippen LogP contribution is -2.15. The molecule has 4 nitrogen and oxygen atoms in total. The third kappa shape index (κ3) is 3.53. The molecule has 0 aliphatic rings. The summed E-state index contributed by atoms with van der Waals surface area (Å²) in [4.78, 5) is 23.6. The molecule has 2 rings (SSSR count). The number of carbonyl (C=O) groups is 2. The molecule has 0 bridgehead atoms. The van der Waals surface area contributed by atoms with Crippen molar-refractivity contribution in [3.63, 3.8) is 0 Å². The highest BCUT2D eigenvalue weighted by atomic mass is 79.9. The zero-order valence-corrected chi connectivity index (χ0v) is 15.1. The Balaban J connectivity index is 2.45. The van der Waals surface area contributed by atoms with Crippen LogP contribution in [0.4, 0.5) is 5.69 Å². The summed E-state index contributed by atoms with van der Waals surface area (Å²) in [6, 6.07) is 10.1. The number of amides is 1. The fraction of sp³-hybridized carbons (Fsp3) is 0. The van der Waals surface area contributed by atoms with Crippen molar-refractivity contribution in [1.82, 2.24) is 0 Å². The molecule has 0 saturated carbocycles. The number of carboxylic acid groups (broad SMARTS) is 1. The van der Waals surface area contributed by atoms with Crippen LogP contribution in [0.1, 0.15) is 20.7 Å². The number of rotatable bonds is 3. The van der Waals surface area contributed by atoms with Gasteiger partial charge in [0.15, 0.2) is 0 Å². The molecule has 7 heteroatoms. The predicted octanol–water partition coefficient (Wildman–Crippen LogP) is 4.92. The van der Waals surface area contributed by atoms with Crippen LogP contribution in [-0.2, 0) is 0 Å². The van der Waals surface area contributed by atoms with E-state index in [1.165, 1.54) is 0 Å². The second-order valence-corrected chi connectivity index (χ2v) is 6.47. The Labute approximate surface area is 145 Å². The van der Waals surface area contributed by atoms with Crippen LogP contribution >= 0.6 is 47.8 Å². The Hall–Kier alpha value is -1.18. The molecule has 1 amide bonds. The summed E-state index contributed by atoms with van der Waals surface area (Å²) in [5.41, 5.74) is 0.636. The molecule has 0 aromatic heterocycles. The predicted molar refractivity (Wildman–Crippen MR) is 90.9 cm³/mol. The number of halogens is 3. The maximum absolute atomic E-state index is 12.2. The number of hydrogen-bond donors (Lipinski definition) is 2. The third-order valence-corrected chi connectivity index (χ3v) is 5.97. The lowest BCUT2D eigenvalue weighted by molar-refractivity contribution is 0.0697. The Morgan fingerprint density at radius 1 is 1.00 bits per heavy atom. The summed E-state index contributed by atoms with van der Waals surface area (Å²) < 4.78 is 1.55. The van der Waals surface area contributed by atoms with Gasteiger partial charge in [-0.15, -0.1) is 0 Å². The van der Waals surface area contributed by atoms with Gasteiger partial charge < -0.3 is 10.4 Å². The smallest absolute Gasteiger partial charge is 0.339 e. The zero-order valence-electron chi connectivity index (χ0n) is 10.4. The van der Waals surface area contributed by atoms with Crippen molar-refractivity contribution in [2.45, 2.75) is 0 Å². The average molecular weight is 478 g/mol. The van der Waals surface area contributed by atoms with Crippen LogP contribution in [0, 0.1) is 0 Å². The minimum Gasteiger partial charge on any atom is -0.478 e. The van der Waals surface area contributed by atoms with Crippen LogP contribution in [0.3, 0.4) is 0 Å². The molecule has 21 heavy (non-hydrogen) atoms. The highest BCUT2D eigenvalue weighted by molar-refractivity contribution is 9.14. The fourth-order valence-corrected chi connectivity index (χ4v) is 3.29. The first-order chi connectivity index (χ1) is 9.91. The van der Waals surface area contributed by atoms with E-state index in [1.54, 1.807) is 36.4 Å². The lowest BCUT2D eigenvalue weighted by Gasteiger charge is -2.12. The Bertz CT molecular complexity index is 717. The summed E-state index contributed by atoms with van der Waals surface area (Å²) in [6.45, 7) is 0. The van der Waals surface area contributed by atoms with Gasteiger partial charge in [0.05, 0.1) is 11.3 Å². The largest absolute Gasteiger partial charge is 0.478 e. The molecule has 0 fully saturated rings. The molecule has 2 aromatic rings. The van der Waals surface area contributed by atoms with Gasteiger partial charge in [-0.2, -0.15) is 0 Å². The second-order valence-electron chi connectivity index (χ2n) is 4.03. The van der Waals surface area contributed by atoms with Gasteiger partial charge in [0.25, 0.3) is 5.91 Å². The first-order valence-corrected chi connectivity index (χ1v) is 8.07. The van der Waals surface area contributed by atoms with Crippen molar-refractivity contribution in [1.29, 1.82) is 0 Å². The van der Waals surface area contributed by atoms with Gasteiger partial charge in [0.2, 0.25) is 0 Å². The fourth-order valence-electron chi connectivity index (χ4n) is 1.69. The van der Waals surface area contributed by atoms with E-state index in [4.69, 9.17) is 0 Å². The third-order valence-electron chi connectivity index (χ3n) is 2.66. The average Bonchev–Trinajstić information content (AvgIpc) is 2.45. The van der Waals surface area contributed by atoms with Crippen molar-refractivity contribution >= 4 is 65.4 Å². The summed E-state index contributed by atoms with van der Waals surface area (Å²) in [7, 11) is 0. The Morgan fingerprint density at radius 2 is 1.62 bits per heavy atom. The van der Waals surface area contributed by atoms with Crippen molar-refractivity contribution in [3.8, 4) is 0 Å². The van der Waals surface area contributed by atoms with E-state index in [0.29, 0.717) is 19.0 Å². The van der Waals surface area contributed by atoms with Crippen LogP contribution in [0.15, 0.2) is 49.8 Å². The molecule has 0 atom stereocenters. The van der Waals surface area contributed by atoms with Crippen LogP contribution < -0.4 is 5.32 Å². The molecule has 108 valence electrons. The summed E-state index contributed by atoms with van der Waals surface area (Å²) in [5, 5.41) is 11.9.